The second kappa shape index (κ2) is 7.58. The molecule has 0 unspecified atom stereocenters. The predicted octanol–water partition coefficient (Wildman–Crippen LogP) is 5.57. The summed E-state index contributed by atoms with van der Waals surface area (Å²) in [4.78, 5) is 18.2. The van der Waals surface area contributed by atoms with Crippen molar-refractivity contribution >= 4 is 34.2 Å². The maximum Gasteiger partial charge on any atom is 0.256 e. The van der Waals surface area contributed by atoms with E-state index in [9.17, 15) is 4.79 Å². The number of aryl methyl sites for hydroxylation is 1. The van der Waals surface area contributed by atoms with E-state index in [-0.39, 0.29) is 5.91 Å². The molecule has 1 aliphatic rings. The van der Waals surface area contributed by atoms with Crippen molar-refractivity contribution in [1.29, 1.82) is 0 Å². The Bertz CT molecular complexity index is 1250. The monoisotopic (exact) mass is 416 g/mol. The SMILES string of the molecule is Cc1nn(Cc2ccccc2)c2nc(C3CC3)cc(C(=O)Nc3cccc(Cl)c3)c12. The second-order valence-corrected chi connectivity index (χ2v) is 8.20. The highest BCUT2D eigenvalue weighted by atomic mass is 35.5. The van der Waals surface area contributed by atoms with Crippen LogP contribution in [0.2, 0.25) is 5.02 Å². The fraction of sp³-hybridized carbons (Fsp3) is 0.208. The summed E-state index contributed by atoms with van der Waals surface area (Å²) < 4.78 is 1.90. The number of carbonyl (C=O) groups excluding carboxylic acids is 1. The lowest BCUT2D eigenvalue weighted by Gasteiger charge is -2.10. The number of hydrogen-bond acceptors (Lipinski definition) is 3. The van der Waals surface area contributed by atoms with Gasteiger partial charge in [-0.05, 0) is 49.6 Å². The van der Waals surface area contributed by atoms with E-state index in [1.165, 1.54) is 0 Å². The zero-order valence-electron chi connectivity index (χ0n) is 16.6. The molecule has 1 fully saturated rings. The van der Waals surface area contributed by atoms with Crippen molar-refractivity contribution in [3.05, 3.63) is 88.2 Å². The number of hydrogen-bond donors (Lipinski definition) is 1. The lowest BCUT2D eigenvalue weighted by atomic mass is 10.1. The molecular weight excluding hydrogens is 396 g/mol. The van der Waals surface area contributed by atoms with E-state index >= 15 is 0 Å². The summed E-state index contributed by atoms with van der Waals surface area (Å²) in [5.74, 6) is 0.251. The van der Waals surface area contributed by atoms with Gasteiger partial charge in [-0.25, -0.2) is 9.67 Å². The molecule has 2 heterocycles. The van der Waals surface area contributed by atoms with Crippen molar-refractivity contribution in [3.8, 4) is 0 Å². The number of fused-ring (bicyclic) bond motifs is 1. The Kier molecular flexibility index (Phi) is 4.75. The minimum Gasteiger partial charge on any atom is -0.322 e. The fourth-order valence-corrected chi connectivity index (χ4v) is 3.96. The van der Waals surface area contributed by atoms with E-state index in [2.05, 4.69) is 17.4 Å². The summed E-state index contributed by atoms with van der Waals surface area (Å²) in [6.07, 6.45) is 2.22. The molecule has 5 rings (SSSR count). The van der Waals surface area contributed by atoms with E-state index < -0.39 is 0 Å². The lowest BCUT2D eigenvalue weighted by Crippen LogP contribution is -2.14. The average molecular weight is 417 g/mol. The van der Waals surface area contributed by atoms with Crippen molar-refractivity contribution in [3.63, 3.8) is 0 Å². The van der Waals surface area contributed by atoms with Crippen LogP contribution in [0.1, 0.15) is 46.1 Å². The molecule has 5 nitrogen and oxygen atoms in total. The van der Waals surface area contributed by atoms with Crippen molar-refractivity contribution in [2.75, 3.05) is 5.32 Å². The molecule has 1 saturated carbocycles. The van der Waals surface area contributed by atoms with Gasteiger partial charge >= 0.3 is 0 Å². The quantitative estimate of drug-likeness (QED) is 0.462. The van der Waals surface area contributed by atoms with Gasteiger partial charge in [0.05, 0.1) is 23.2 Å². The number of carbonyl (C=O) groups is 1. The van der Waals surface area contributed by atoms with Crippen LogP contribution in [-0.2, 0) is 6.54 Å². The highest BCUT2D eigenvalue weighted by Crippen LogP contribution is 2.40. The third-order valence-electron chi connectivity index (χ3n) is 5.40. The van der Waals surface area contributed by atoms with Gasteiger partial charge in [0, 0.05) is 22.3 Å². The lowest BCUT2D eigenvalue weighted by molar-refractivity contribution is 0.102. The summed E-state index contributed by atoms with van der Waals surface area (Å²) in [6, 6.07) is 19.3. The largest absolute Gasteiger partial charge is 0.322 e. The molecule has 0 aliphatic heterocycles. The van der Waals surface area contributed by atoms with Crippen molar-refractivity contribution < 1.29 is 4.79 Å². The van der Waals surface area contributed by atoms with Gasteiger partial charge in [0.15, 0.2) is 5.65 Å². The van der Waals surface area contributed by atoms with Crippen LogP contribution in [0.15, 0.2) is 60.7 Å². The Morgan fingerprint density at radius 3 is 2.67 bits per heavy atom. The summed E-state index contributed by atoms with van der Waals surface area (Å²) in [7, 11) is 0. The number of pyridine rings is 1. The number of halogens is 1. The molecular formula is C24H21ClN4O. The van der Waals surface area contributed by atoms with Crippen LogP contribution in [0.5, 0.6) is 0 Å². The standard InChI is InChI=1S/C24H21ClN4O/c1-15-22-20(24(30)26-19-9-5-8-18(25)12-19)13-21(17-10-11-17)27-23(22)29(28-15)14-16-6-3-2-4-7-16/h2-9,12-13,17H,10-11,14H2,1H3,(H,26,30). The van der Waals surface area contributed by atoms with Gasteiger partial charge in [0.25, 0.3) is 5.91 Å². The van der Waals surface area contributed by atoms with E-state index in [1.54, 1.807) is 12.1 Å². The van der Waals surface area contributed by atoms with Gasteiger partial charge in [-0.15, -0.1) is 0 Å². The number of benzene rings is 2. The summed E-state index contributed by atoms with van der Waals surface area (Å²) >= 11 is 6.08. The topological polar surface area (TPSA) is 59.8 Å². The fourth-order valence-electron chi connectivity index (χ4n) is 3.77. The Morgan fingerprint density at radius 1 is 1.13 bits per heavy atom. The molecule has 0 atom stereocenters. The summed E-state index contributed by atoms with van der Waals surface area (Å²) in [5, 5.41) is 9.08. The number of aromatic nitrogens is 3. The van der Waals surface area contributed by atoms with Crippen LogP contribution in [0.25, 0.3) is 11.0 Å². The van der Waals surface area contributed by atoms with Gasteiger partial charge in [0.2, 0.25) is 0 Å². The number of anilines is 1. The van der Waals surface area contributed by atoms with Crippen LogP contribution in [-0.4, -0.2) is 20.7 Å². The van der Waals surface area contributed by atoms with Gasteiger partial charge < -0.3 is 5.32 Å². The minimum atomic E-state index is -0.172. The molecule has 0 saturated heterocycles. The van der Waals surface area contributed by atoms with E-state index in [4.69, 9.17) is 21.7 Å². The molecule has 150 valence electrons. The highest BCUT2D eigenvalue weighted by Gasteiger charge is 2.28. The molecule has 2 aromatic carbocycles. The smallest absolute Gasteiger partial charge is 0.256 e. The normalized spacial score (nSPS) is 13.5. The molecule has 4 aromatic rings. The Morgan fingerprint density at radius 2 is 1.93 bits per heavy atom. The van der Waals surface area contributed by atoms with Gasteiger partial charge in [-0.1, -0.05) is 48.0 Å². The highest BCUT2D eigenvalue weighted by molar-refractivity contribution is 6.31. The predicted molar refractivity (Wildman–Crippen MR) is 119 cm³/mol. The number of nitrogens with one attached hydrogen (secondary N) is 1. The first-order valence-corrected chi connectivity index (χ1v) is 10.4. The third-order valence-corrected chi connectivity index (χ3v) is 5.63. The molecule has 1 aliphatic carbocycles. The van der Waals surface area contributed by atoms with Crippen molar-refractivity contribution in [2.24, 2.45) is 0 Å². The van der Waals surface area contributed by atoms with Crippen LogP contribution >= 0.6 is 11.6 Å². The first-order chi connectivity index (χ1) is 14.6. The van der Waals surface area contributed by atoms with Gasteiger partial charge in [-0.2, -0.15) is 5.10 Å². The Hall–Kier alpha value is -3.18. The first-order valence-electron chi connectivity index (χ1n) is 10.1. The molecule has 0 radical (unpaired) electrons. The Balaban J connectivity index is 1.59. The third kappa shape index (κ3) is 3.68. The maximum absolute atomic E-state index is 13.2. The number of nitrogens with zero attached hydrogens (tertiary/aromatic N) is 3. The second-order valence-electron chi connectivity index (χ2n) is 7.76. The number of amides is 1. The van der Waals surface area contributed by atoms with Crippen LogP contribution in [0.4, 0.5) is 5.69 Å². The minimum absolute atomic E-state index is 0.172. The van der Waals surface area contributed by atoms with Crippen molar-refractivity contribution in [1.82, 2.24) is 14.8 Å². The molecule has 0 bridgehead atoms. The molecule has 1 N–H and O–H groups in total. The van der Waals surface area contributed by atoms with Crippen LogP contribution in [0.3, 0.4) is 0 Å². The van der Waals surface area contributed by atoms with E-state index in [0.717, 1.165) is 40.8 Å². The van der Waals surface area contributed by atoms with Crippen molar-refractivity contribution in [2.45, 2.75) is 32.2 Å². The average Bonchev–Trinajstić information content (AvgIpc) is 3.54. The molecule has 30 heavy (non-hydrogen) atoms. The molecule has 2 aromatic heterocycles. The first kappa shape index (κ1) is 18.8. The van der Waals surface area contributed by atoms with Gasteiger partial charge in [-0.3, -0.25) is 4.79 Å². The van der Waals surface area contributed by atoms with Crippen LogP contribution in [0, 0.1) is 6.92 Å². The maximum atomic E-state index is 13.2. The molecule has 6 heteroatoms. The van der Waals surface area contributed by atoms with E-state index in [0.29, 0.717) is 28.7 Å². The van der Waals surface area contributed by atoms with Crippen LogP contribution < -0.4 is 5.32 Å². The summed E-state index contributed by atoms with van der Waals surface area (Å²) in [6.45, 7) is 2.54. The zero-order valence-corrected chi connectivity index (χ0v) is 17.4. The summed E-state index contributed by atoms with van der Waals surface area (Å²) in [5.41, 5.74) is 4.95. The Labute approximate surface area is 179 Å². The number of rotatable bonds is 5. The molecule has 0 spiro atoms. The molecule has 1 amide bonds. The van der Waals surface area contributed by atoms with E-state index in [1.807, 2.05) is 48.0 Å². The van der Waals surface area contributed by atoms with Gasteiger partial charge in [0.1, 0.15) is 0 Å². The zero-order chi connectivity index (χ0) is 20.7.